The van der Waals surface area contributed by atoms with Gasteiger partial charge in [-0.2, -0.15) is 0 Å². The van der Waals surface area contributed by atoms with Gasteiger partial charge < -0.3 is 5.32 Å². The van der Waals surface area contributed by atoms with Crippen LogP contribution in [0.4, 0.5) is 0 Å². The van der Waals surface area contributed by atoms with E-state index in [9.17, 15) is 0 Å². The molecule has 0 saturated carbocycles. The molecular weight excluding hydrogens is 238 g/mol. The highest BCUT2D eigenvalue weighted by molar-refractivity contribution is 7.99. The fourth-order valence-corrected chi connectivity index (χ4v) is 2.37. The molecule has 0 amide bonds. The monoisotopic (exact) mass is 257 g/mol. The summed E-state index contributed by atoms with van der Waals surface area (Å²) >= 11 is 7.88. The fourth-order valence-electron chi connectivity index (χ4n) is 1.25. The van der Waals surface area contributed by atoms with Gasteiger partial charge in [0.05, 0.1) is 5.02 Å². The van der Waals surface area contributed by atoms with Crippen LogP contribution in [0.1, 0.15) is 20.8 Å². The number of hydrogen-bond donors (Lipinski definition) is 1. The Balaban J connectivity index is 2.24. The summed E-state index contributed by atoms with van der Waals surface area (Å²) in [5, 5.41) is 4.36. The first kappa shape index (κ1) is 13.9. The minimum absolute atomic E-state index is 0.576. The predicted octanol–water partition coefficient (Wildman–Crippen LogP) is 4.07. The van der Waals surface area contributed by atoms with Crippen molar-refractivity contribution in [1.82, 2.24) is 5.32 Å². The zero-order chi connectivity index (χ0) is 12.0. The normalized spacial score (nSPS) is 13.1. The van der Waals surface area contributed by atoms with Crippen molar-refractivity contribution in [1.29, 1.82) is 0 Å². The Bertz CT molecular complexity index is 315. The Kier molecular flexibility index (Phi) is 6.25. The Hall–Kier alpha value is -0.180. The van der Waals surface area contributed by atoms with Crippen LogP contribution >= 0.6 is 23.4 Å². The fraction of sp³-hybridized carbons (Fsp3) is 0.538. The van der Waals surface area contributed by atoms with Crippen LogP contribution in [0.15, 0.2) is 29.2 Å². The van der Waals surface area contributed by atoms with Gasteiger partial charge in [0.15, 0.2) is 0 Å². The average Bonchev–Trinajstić information content (AvgIpc) is 2.26. The summed E-state index contributed by atoms with van der Waals surface area (Å²) in [5.41, 5.74) is 0. The number of hydrogen-bond acceptors (Lipinski definition) is 2. The van der Waals surface area contributed by atoms with Gasteiger partial charge in [-0.25, -0.2) is 0 Å². The van der Waals surface area contributed by atoms with E-state index < -0.39 is 0 Å². The molecule has 0 radical (unpaired) electrons. The van der Waals surface area contributed by atoms with Crippen LogP contribution in [0.25, 0.3) is 0 Å². The molecule has 3 heteroatoms. The van der Waals surface area contributed by atoms with E-state index in [1.54, 1.807) is 11.8 Å². The summed E-state index contributed by atoms with van der Waals surface area (Å²) in [5.74, 6) is 1.74. The Morgan fingerprint density at radius 1 is 1.25 bits per heavy atom. The van der Waals surface area contributed by atoms with Crippen LogP contribution in [-0.4, -0.2) is 18.3 Å². The van der Waals surface area contributed by atoms with Crippen molar-refractivity contribution < 1.29 is 0 Å². The highest BCUT2D eigenvalue weighted by Crippen LogP contribution is 2.25. The van der Waals surface area contributed by atoms with Crippen molar-refractivity contribution in [2.24, 2.45) is 5.92 Å². The maximum atomic E-state index is 6.07. The molecule has 0 aliphatic rings. The molecule has 1 nitrogen and oxygen atoms in total. The maximum absolute atomic E-state index is 6.07. The summed E-state index contributed by atoms with van der Waals surface area (Å²) in [6, 6.07) is 8.57. The second kappa shape index (κ2) is 7.21. The summed E-state index contributed by atoms with van der Waals surface area (Å²) in [6.07, 6.45) is 0. The highest BCUT2D eigenvalue weighted by Gasteiger charge is 2.05. The molecule has 90 valence electrons. The molecule has 0 spiro atoms. The van der Waals surface area contributed by atoms with Gasteiger partial charge in [0.25, 0.3) is 0 Å². The minimum atomic E-state index is 0.576. The van der Waals surface area contributed by atoms with Gasteiger partial charge >= 0.3 is 0 Å². The Morgan fingerprint density at radius 2 is 1.94 bits per heavy atom. The molecule has 0 aliphatic heterocycles. The highest BCUT2D eigenvalue weighted by atomic mass is 35.5. The minimum Gasteiger partial charge on any atom is -0.313 e. The van der Waals surface area contributed by atoms with E-state index in [0.717, 1.165) is 17.3 Å². The van der Waals surface area contributed by atoms with Crippen molar-refractivity contribution in [3.8, 4) is 0 Å². The Morgan fingerprint density at radius 3 is 2.56 bits per heavy atom. The number of thioether (sulfide) groups is 1. The van der Waals surface area contributed by atoms with Crippen molar-refractivity contribution in [3.63, 3.8) is 0 Å². The molecular formula is C13H20ClNS. The van der Waals surface area contributed by atoms with Crippen LogP contribution in [-0.2, 0) is 0 Å². The first-order chi connectivity index (χ1) is 7.61. The maximum Gasteiger partial charge on any atom is 0.0541 e. The first-order valence-corrected chi connectivity index (χ1v) is 7.08. The molecule has 0 saturated heterocycles. The lowest BCUT2D eigenvalue weighted by Gasteiger charge is -2.17. The van der Waals surface area contributed by atoms with Crippen LogP contribution in [0.5, 0.6) is 0 Å². The van der Waals surface area contributed by atoms with E-state index in [-0.39, 0.29) is 0 Å². The molecule has 1 unspecified atom stereocenters. The third kappa shape index (κ3) is 4.77. The molecule has 0 fully saturated rings. The summed E-state index contributed by atoms with van der Waals surface area (Å²) in [6.45, 7) is 7.72. The van der Waals surface area contributed by atoms with Crippen molar-refractivity contribution in [2.45, 2.75) is 31.7 Å². The second-order valence-corrected chi connectivity index (χ2v) is 5.81. The zero-order valence-electron chi connectivity index (χ0n) is 10.2. The van der Waals surface area contributed by atoms with Crippen molar-refractivity contribution >= 4 is 23.4 Å². The van der Waals surface area contributed by atoms with Crippen molar-refractivity contribution in [3.05, 3.63) is 29.3 Å². The van der Waals surface area contributed by atoms with Gasteiger partial charge in [0.2, 0.25) is 0 Å². The SMILES string of the molecule is CC(C)C(C)NCCSc1ccccc1Cl. The molecule has 1 atom stereocenters. The standard InChI is InChI=1S/C13H20ClNS/c1-10(2)11(3)15-8-9-16-13-7-5-4-6-12(13)14/h4-7,10-11,15H,8-9H2,1-3H3. The topological polar surface area (TPSA) is 12.0 Å². The largest absolute Gasteiger partial charge is 0.313 e. The smallest absolute Gasteiger partial charge is 0.0541 e. The summed E-state index contributed by atoms with van der Waals surface area (Å²) in [4.78, 5) is 1.17. The Labute approximate surface area is 108 Å². The van der Waals surface area contributed by atoms with Gasteiger partial charge in [-0.05, 0) is 25.0 Å². The first-order valence-electron chi connectivity index (χ1n) is 5.72. The van der Waals surface area contributed by atoms with Crippen LogP contribution < -0.4 is 5.32 Å². The lowest BCUT2D eigenvalue weighted by atomic mass is 10.1. The van der Waals surface area contributed by atoms with Crippen LogP contribution in [0.2, 0.25) is 5.02 Å². The van der Waals surface area contributed by atoms with E-state index in [1.165, 1.54) is 4.90 Å². The summed E-state index contributed by atoms with van der Waals surface area (Å²) < 4.78 is 0. The lowest BCUT2D eigenvalue weighted by molar-refractivity contribution is 0.438. The molecule has 1 N–H and O–H groups in total. The van der Waals surface area contributed by atoms with E-state index in [1.807, 2.05) is 18.2 Å². The van der Waals surface area contributed by atoms with Gasteiger partial charge in [-0.1, -0.05) is 37.6 Å². The average molecular weight is 258 g/mol. The van der Waals surface area contributed by atoms with Crippen LogP contribution in [0.3, 0.4) is 0 Å². The van der Waals surface area contributed by atoms with E-state index in [0.29, 0.717) is 12.0 Å². The number of halogens is 1. The predicted molar refractivity (Wildman–Crippen MR) is 74.5 cm³/mol. The molecule has 1 rings (SSSR count). The zero-order valence-corrected chi connectivity index (χ0v) is 11.7. The van der Waals surface area contributed by atoms with E-state index in [2.05, 4.69) is 32.2 Å². The molecule has 16 heavy (non-hydrogen) atoms. The number of benzene rings is 1. The van der Waals surface area contributed by atoms with Crippen molar-refractivity contribution in [2.75, 3.05) is 12.3 Å². The number of rotatable bonds is 6. The molecule has 0 bridgehead atoms. The van der Waals surface area contributed by atoms with Gasteiger partial charge in [-0.15, -0.1) is 11.8 Å². The molecule has 0 heterocycles. The van der Waals surface area contributed by atoms with Gasteiger partial charge in [0.1, 0.15) is 0 Å². The van der Waals surface area contributed by atoms with Gasteiger partial charge in [-0.3, -0.25) is 0 Å². The van der Waals surface area contributed by atoms with Crippen LogP contribution in [0, 0.1) is 5.92 Å². The molecule has 0 aromatic heterocycles. The lowest BCUT2D eigenvalue weighted by Crippen LogP contribution is -2.32. The third-order valence-electron chi connectivity index (χ3n) is 2.66. The summed E-state index contributed by atoms with van der Waals surface area (Å²) in [7, 11) is 0. The quantitative estimate of drug-likeness (QED) is 0.609. The second-order valence-electron chi connectivity index (χ2n) is 4.27. The van der Waals surface area contributed by atoms with E-state index >= 15 is 0 Å². The molecule has 1 aromatic rings. The third-order valence-corrected chi connectivity index (χ3v) is 4.18. The number of nitrogens with one attached hydrogen (secondary N) is 1. The van der Waals surface area contributed by atoms with Gasteiger partial charge in [0, 0.05) is 23.2 Å². The molecule has 0 aliphatic carbocycles. The van der Waals surface area contributed by atoms with E-state index in [4.69, 9.17) is 11.6 Å². The molecule has 1 aromatic carbocycles.